The van der Waals surface area contributed by atoms with Crippen molar-refractivity contribution >= 4 is 27.3 Å². The topological polar surface area (TPSA) is 74.8 Å². The normalized spacial score (nSPS) is 25.9. The van der Waals surface area contributed by atoms with Gasteiger partial charge in [-0.25, -0.2) is 8.42 Å². The molecule has 2 heterocycles. The van der Waals surface area contributed by atoms with Gasteiger partial charge in [-0.2, -0.15) is 0 Å². The average Bonchev–Trinajstić information content (AvgIpc) is 3.09. The summed E-state index contributed by atoms with van der Waals surface area (Å²) in [5.41, 5.74) is 1.80. The Morgan fingerprint density at radius 2 is 1.88 bits per heavy atom. The minimum Gasteiger partial charge on any atom is -0.340 e. The van der Waals surface area contributed by atoms with Crippen molar-refractivity contribution in [1.82, 2.24) is 4.90 Å². The molecule has 2 saturated heterocycles. The molecule has 2 aliphatic heterocycles. The summed E-state index contributed by atoms with van der Waals surface area (Å²) in [6, 6.07) is 6.68. The van der Waals surface area contributed by atoms with Crippen molar-refractivity contribution in [1.29, 1.82) is 0 Å². The van der Waals surface area contributed by atoms with Crippen LogP contribution >= 0.6 is 0 Å². The molecular weight excluding hydrogens is 328 g/mol. The number of anilines is 1. The Kier molecular flexibility index (Phi) is 4.38. The zero-order chi connectivity index (χ0) is 17.5. The van der Waals surface area contributed by atoms with E-state index in [0.29, 0.717) is 24.9 Å². The molecule has 24 heavy (non-hydrogen) atoms. The summed E-state index contributed by atoms with van der Waals surface area (Å²) in [7, 11) is -1.41. The molecule has 0 radical (unpaired) electrons. The SMILES string of the molecule is Cc1ccc(N2C(=O)CCC2C(=O)N(C)C2CCS(=O)(=O)C2)cc1. The summed E-state index contributed by atoms with van der Waals surface area (Å²) in [5.74, 6) is -0.103. The summed E-state index contributed by atoms with van der Waals surface area (Å²) in [6.45, 7) is 1.96. The van der Waals surface area contributed by atoms with Crippen molar-refractivity contribution < 1.29 is 18.0 Å². The summed E-state index contributed by atoms with van der Waals surface area (Å²) >= 11 is 0. The molecule has 2 unspecified atom stereocenters. The van der Waals surface area contributed by atoms with E-state index < -0.39 is 15.9 Å². The first-order chi connectivity index (χ1) is 11.3. The molecule has 2 aliphatic rings. The van der Waals surface area contributed by atoms with Gasteiger partial charge in [-0.05, 0) is 31.9 Å². The Morgan fingerprint density at radius 1 is 1.21 bits per heavy atom. The van der Waals surface area contributed by atoms with Crippen LogP contribution in [0.2, 0.25) is 0 Å². The van der Waals surface area contributed by atoms with Gasteiger partial charge in [-0.1, -0.05) is 17.7 Å². The van der Waals surface area contributed by atoms with Crippen molar-refractivity contribution in [2.45, 2.75) is 38.3 Å². The van der Waals surface area contributed by atoms with Gasteiger partial charge in [0.25, 0.3) is 0 Å². The molecule has 1 aromatic carbocycles. The predicted molar refractivity (Wildman–Crippen MR) is 91.5 cm³/mol. The molecule has 7 heteroatoms. The lowest BCUT2D eigenvalue weighted by molar-refractivity contribution is -0.133. The highest BCUT2D eigenvalue weighted by Gasteiger charge is 2.41. The number of carbonyl (C=O) groups excluding carboxylic acids is 2. The third kappa shape index (κ3) is 3.17. The van der Waals surface area contributed by atoms with Gasteiger partial charge < -0.3 is 4.90 Å². The fraction of sp³-hybridized carbons (Fsp3) is 0.529. The second kappa shape index (κ2) is 6.20. The van der Waals surface area contributed by atoms with Crippen molar-refractivity contribution in [2.75, 3.05) is 23.5 Å². The Bertz CT molecular complexity index is 757. The maximum absolute atomic E-state index is 12.9. The molecule has 2 fully saturated rings. The fourth-order valence-electron chi connectivity index (χ4n) is 3.44. The quantitative estimate of drug-likeness (QED) is 0.819. The van der Waals surface area contributed by atoms with Gasteiger partial charge in [0, 0.05) is 25.2 Å². The predicted octanol–water partition coefficient (Wildman–Crippen LogP) is 1.14. The third-order valence-corrected chi connectivity index (χ3v) is 6.66. The van der Waals surface area contributed by atoms with Gasteiger partial charge in [0.15, 0.2) is 9.84 Å². The van der Waals surface area contributed by atoms with Crippen LogP contribution in [0.25, 0.3) is 0 Å². The van der Waals surface area contributed by atoms with Crippen LogP contribution in [0.1, 0.15) is 24.8 Å². The minimum absolute atomic E-state index is 0.0143. The van der Waals surface area contributed by atoms with Gasteiger partial charge in [-0.15, -0.1) is 0 Å². The number of nitrogens with zero attached hydrogens (tertiary/aromatic N) is 2. The molecule has 0 N–H and O–H groups in total. The van der Waals surface area contributed by atoms with Gasteiger partial charge in [0.05, 0.1) is 11.5 Å². The van der Waals surface area contributed by atoms with E-state index in [1.807, 2.05) is 31.2 Å². The number of amides is 2. The third-order valence-electron chi connectivity index (χ3n) is 4.91. The molecule has 2 amide bonds. The summed E-state index contributed by atoms with van der Waals surface area (Å²) in [6.07, 6.45) is 1.27. The Balaban J connectivity index is 1.80. The highest BCUT2D eigenvalue weighted by Crippen LogP contribution is 2.29. The molecule has 0 aromatic heterocycles. The van der Waals surface area contributed by atoms with Crippen LogP contribution in [-0.4, -0.2) is 55.8 Å². The lowest BCUT2D eigenvalue weighted by Gasteiger charge is -2.31. The maximum Gasteiger partial charge on any atom is 0.245 e. The standard InChI is InChI=1S/C17H22N2O4S/c1-12-3-5-13(6-4-12)19-15(7-8-16(19)20)17(21)18(2)14-9-10-24(22,23)11-14/h3-6,14-15H,7-11H2,1-2H3. The van der Waals surface area contributed by atoms with E-state index in [-0.39, 0.29) is 29.4 Å². The number of aryl methyl sites for hydroxylation is 1. The number of sulfone groups is 1. The average molecular weight is 350 g/mol. The number of likely N-dealkylation sites (N-methyl/N-ethyl adjacent to an activating group) is 1. The van der Waals surface area contributed by atoms with Crippen molar-refractivity contribution in [3.63, 3.8) is 0 Å². The Morgan fingerprint density at radius 3 is 2.46 bits per heavy atom. The second-order valence-electron chi connectivity index (χ2n) is 6.66. The van der Waals surface area contributed by atoms with E-state index in [1.165, 1.54) is 4.90 Å². The molecule has 0 bridgehead atoms. The fourth-order valence-corrected chi connectivity index (χ4v) is 5.22. The largest absolute Gasteiger partial charge is 0.340 e. The monoisotopic (exact) mass is 350 g/mol. The van der Waals surface area contributed by atoms with Crippen molar-refractivity contribution in [2.24, 2.45) is 0 Å². The number of hydrogen-bond acceptors (Lipinski definition) is 4. The van der Waals surface area contributed by atoms with E-state index in [9.17, 15) is 18.0 Å². The van der Waals surface area contributed by atoms with Crippen LogP contribution in [0.3, 0.4) is 0 Å². The molecule has 2 atom stereocenters. The van der Waals surface area contributed by atoms with E-state index in [0.717, 1.165) is 5.56 Å². The Hall–Kier alpha value is -1.89. The lowest BCUT2D eigenvalue weighted by atomic mass is 10.1. The number of hydrogen-bond donors (Lipinski definition) is 0. The lowest BCUT2D eigenvalue weighted by Crippen LogP contribution is -2.49. The molecule has 130 valence electrons. The zero-order valence-electron chi connectivity index (χ0n) is 13.9. The highest BCUT2D eigenvalue weighted by atomic mass is 32.2. The first kappa shape index (κ1) is 17.0. The molecular formula is C17H22N2O4S. The first-order valence-electron chi connectivity index (χ1n) is 8.14. The minimum atomic E-state index is -3.05. The van der Waals surface area contributed by atoms with E-state index in [4.69, 9.17) is 0 Å². The van der Waals surface area contributed by atoms with Crippen LogP contribution in [0.15, 0.2) is 24.3 Å². The summed E-state index contributed by atoms with van der Waals surface area (Å²) in [4.78, 5) is 28.2. The van der Waals surface area contributed by atoms with Gasteiger partial charge in [0.2, 0.25) is 11.8 Å². The Labute approximate surface area is 142 Å². The number of benzene rings is 1. The second-order valence-corrected chi connectivity index (χ2v) is 8.89. The number of carbonyl (C=O) groups is 2. The zero-order valence-corrected chi connectivity index (χ0v) is 14.8. The molecule has 0 spiro atoms. The van der Waals surface area contributed by atoms with Gasteiger partial charge in [-0.3, -0.25) is 14.5 Å². The maximum atomic E-state index is 12.9. The molecule has 3 rings (SSSR count). The van der Waals surface area contributed by atoms with Crippen LogP contribution < -0.4 is 4.90 Å². The van der Waals surface area contributed by atoms with Crippen LogP contribution in [0.5, 0.6) is 0 Å². The van der Waals surface area contributed by atoms with E-state index in [1.54, 1.807) is 11.9 Å². The molecule has 0 saturated carbocycles. The van der Waals surface area contributed by atoms with Crippen molar-refractivity contribution in [3.05, 3.63) is 29.8 Å². The van der Waals surface area contributed by atoms with Crippen LogP contribution in [-0.2, 0) is 19.4 Å². The van der Waals surface area contributed by atoms with Gasteiger partial charge >= 0.3 is 0 Å². The summed E-state index contributed by atoms with van der Waals surface area (Å²) < 4.78 is 23.3. The summed E-state index contributed by atoms with van der Waals surface area (Å²) in [5, 5.41) is 0. The van der Waals surface area contributed by atoms with E-state index >= 15 is 0 Å². The molecule has 1 aromatic rings. The first-order valence-corrected chi connectivity index (χ1v) is 9.96. The van der Waals surface area contributed by atoms with E-state index in [2.05, 4.69) is 0 Å². The molecule has 6 nitrogen and oxygen atoms in total. The van der Waals surface area contributed by atoms with Gasteiger partial charge in [0.1, 0.15) is 6.04 Å². The van der Waals surface area contributed by atoms with Crippen LogP contribution in [0, 0.1) is 6.92 Å². The smallest absolute Gasteiger partial charge is 0.245 e. The van der Waals surface area contributed by atoms with Crippen molar-refractivity contribution in [3.8, 4) is 0 Å². The molecule has 0 aliphatic carbocycles. The number of rotatable bonds is 3. The van der Waals surface area contributed by atoms with Crippen LogP contribution in [0.4, 0.5) is 5.69 Å². The highest BCUT2D eigenvalue weighted by molar-refractivity contribution is 7.91.